The molecular weight excluding hydrogens is 545 g/mol. The molecular formula is C23H17Cl2N5O4S2. The summed E-state index contributed by atoms with van der Waals surface area (Å²) in [6, 6.07) is 13.6. The number of amidine groups is 1. The number of fused-ring (bicyclic) bond motifs is 1. The van der Waals surface area contributed by atoms with Crippen LogP contribution in [-0.4, -0.2) is 37.9 Å². The minimum Gasteiger partial charge on any atom is -0.368 e. The number of sulfonamides is 1. The Morgan fingerprint density at radius 1 is 1.08 bits per heavy atom. The average Bonchev–Trinajstić information content (AvgIpc) is 3.52. The summed E-state index contributed by atoms with van der Waals surface area (Å²) in [6.07, 6.45) is 1.62. The van der Waals surface area contributed by atoms with Gasteiger partial charge in [0, 0.05) is 29.4 Å². The number of nitrogens with zero attached hydrogens (tertiary/aromatic N) is 2. The Balaban J connectivity index is 1.37. The third-order valence-corrected chi connectivity index (χ3v) is 8.71. The van der Waals surface area contributed by atoms with E-state index in [1.807, 2.05) is 22.9 Å². The van der Waals surface area contributed by atoms with Crippen molar-refractivity contribution in [1.29, 1.82) is 0 Å². The summed E-state index contributed by atoms with van der Waals surface area (Å²) in [6.45, 7) is 1.51. The molecule has 2 aromatic heterocycles. The standard InChI is InChI=1S/C23H17Cl2N5O4S2/c24-17-12-15(28-23(32)29-36(33,34)20-6-5-19(25)35-20)2-4-18(17)30-10-7-13-11-14(21-26-8-9-27-21)1-3-16(13)22(30)31/h1-7,10-12H,8-9H2,(H,26,27)(H2,28,29,32). The maximum atomic E-state index is 13.2. The summed E-state index contributed by atoms with van der Waals surface area (Å²) in [5, 5.41) is 7.10. The van der Waals surface area contributed by atoms with Crippen molar-refractivity contribution in [2.24, 2.45) is 4.99 Å². The fourth-order valence-corrected chi connectivity index (χ4v) is 6.39. The Kier molecular flexibility index (Phi) is 6.47. The zero-order valence-corrected chi connectivity index (χ0v) is 21.4. The maximum Gasteiger partial charge on any atom is 0.333 e. The van der Waals surface area contributed by atoms with Crippen LogP contribution in [0.2, 0.25) is 9.36 Å². The number of aromatic nitrogens is 1. The lowest BCUT2D eigenvalue weighted by Crippen LogP contribution is -2.33. The van der Waals surface area contributed by atoms with Crippen molar-refractivity contribution in [1.82, 2.24) is 14.6 Å². The largest absolute Gasteiger partial charge is 0.368 e. The molecule has 4 aromatic rings. The number of pyridine rings is 1. The van der Waals surface area contributed by atoms with Gasteiger partial charge in [0.25, 0.3) is 15.6 Å². The minimum absolute atomic E-state index is 0.0914. The van der Waals surface area contributed by atoms with Crippen molar-refractivity contribution in [2.45, 2.75) is 4.21 Å². The number of carbonyl (C=O) groups is 1. The summed E-state index contributed by atoms with van der Waals surface area (Å²) in [4.78, 5) is 29.8. The summed E-state index contributed by atoms with van der Waals surface area (Å²) in [5.74, 6) is 0.809. The van der Waals surface area contributed by atoms with Crippen molar-refractivity contribution in [3.8, 4) is 5.69 Å². The SMILES string of the molecule is O=C(Nc1ccc(-n2ccc3cc(C4=NCCN4)ccc3c2=O)c(Cl)c1)NS(=O)(=O)c1ccc(Cl)s1. The van der Waals surface area contributed by atoms with E-state index < -0.39 is 16.1 Å². The van der Waals surface area contributed by atoms with E-state index in [2.05, 4.69) is 15.6 Å². The molecule has 3 heterocycles. The molecule has 13 heteroatoms. The minimum atomic E-state index is -4.07. The molecule has 0 fully saturated rings. The molecule has 0 aliphatic carbocycles. The number of nitrogens with one attached hydrogen (secondary N) is 3. The Hall–Kier alpha value is -3.38. The first kappa shape index (κ1) is 24.3. The second-order valence-corrected chi connectivity index (χ2v) is 11.8. The number of hydrogen-bond donors (Lipinski definition) is 3. The molecule has 0 unspecified atom stereocenters. The van der Waals surface area contributed by atoms with Crippen LogP contribution in [0.25, 0.3) is 16.5 Å². The van der Waals surface area contributed by atoms with E-state index in [1.165, 1.54) is 28.8 Å². The zero-order valence-electron chi connectivity index (χ0n) is 18.3. The van der Waals surface area contributed by atoms with Gasteiger partial charge in [0.05, 0.1) is 21.6 Å². The number of urea groups is 1. The molecule has 3 N–H and O–H groups in total. The molecule has 0 saturated heterocycles. The second-order valence-electron chi connectivity index (χ2n) is 7.73. The van der Waals surface area contributed by atoms with Gasteiger partial charge in [-0.15, -0.1) is 11.3 Å². The highest BCUT2D eigenvalue weighted by atomic mass is 35.5. The van der Waals surface area contributed by atoms with Crippen molar-refractivity contribution >= 4 is 72.9 Å². The number of thiophene rings is 1. The van der Waals surface area contributed by atoms with Crippen LogP contribution in [-0.2, 0) is 10.0 Å². The molecule has 0 atom stereocenters. The molecule has 0 radical (unpaired) electrons. The molecule has 5 rings (SSSR count). The molecule has 1 aliphatic rings. The van der Waals surface area contributed by atoms with Crippen LogP contribution < -0.4 is 20.9 Å². The first-order valence-corrected chi connectivity index (χ1v) is 13.6. The molecule has 2 amide bonds. The van der Waals surface area contributed by atoms with Gasteiger partial charge in [-0.1, -0.05) is 29.3 Å². The summed E-state index contributed by atoms with van der Waals surface area (Å²) < 4.78 is 28.1. The van der Waals surface area contributed by atoms with Crippen LogP contribution >= 0.6 is 34.5 Å². The summed E-state index contributed by atoms with van der Waals surface area (Å²) in [7, 11) is -4.07. The smallest absolute Gasteiger partial charge is 0.333 e. The molecule has 1 aliphatic heterocycles. The third-order valence-electron chi connectivity index (χ3n) is 5.36. The number of anilines is 1. The van der Waals surface area contributed by atoms with Crippen molar-refractivity contribution in [3.05, 3.63) is 86.1 Å². The van der Waals surface area contributed by atoms with E-state index >= 15 is 0 Å². The van der Waals surface area contributed by atoms with Gasteiger partial charge < -0.3 is 10.6 Å². The molecule has 9 nitrogen and oxygen atoms in total. The quantitative estimate of drug-likeness (QED) is 0.336. The predicted molar refractivity (Wildman–Crippen MR) is 143 cm³/mol. The Bertz CT molecular complexity index is 1710. The monoisotopic (exact) mass is 561 g/mol. The number of benzene rings is 2. The number of rotatable bonds is 5. The van der Waals surface area contributed by atoms with E-state index in [-0.39, 0.29) is 24.8 Å². The van der Waals surface area contributed by atoms with Gasteiger partial charge >= 0.3 is 6.03 Å². The summed E-state index contributed by atoms with van der Waals surface area (Å²) >= 11 is 13.0. The van der Waals surface area contributed by atoms with E-state index in [0.29, 0.717) is 11.1 Å². The Morgan fingerprint density at radius 2 is 1.92 bits per heavy atom. The van der Waals surface area contributed by atoms with E-state index in [1.54, 1.807) is 18.3 Å². The highest BCUT2D eigenvalue weighted by Crippen LogP contribution is 2.26. The molecule has 184 valence electrons. The van der Waals surface area contributed by atoms with Gasteiger partial charge in [-0.05, 0) is 53.9 Å². The number of halogens is 2. The van der Waals surface area contributed by atoms with Gasteiger partial charge in [0.1, 0.15) is 10.0 Å². The number of amides is 2. The zero-order chi connectivity index (χ0) is 25.4. The predicted octanol–water partition coefficient (Wildman–Crippen LogP) is 4.22. The number of aliphatic imine (C=N–C) groups is 1. The van der Waals surface area contributed by atoms with Gasteiger partial charge in [0.2, 0.25) is 0 Å². The second kappa shape index (κ2) is 9.58. The number of hydrogen-bond acceptors (Lipinski definition) is 7. The van der Waals surface area contributed by atoms with Crippen molar-refractivity contribution in [2.75, 3.05) is 18.4 Å². The topological polar surface area (TPSA) is 122 Å². The maximum absolute atomic E-state index is 13.2. The highest BCUT2D eigenvalue weighted by molar-refractivity contribution is 7.92. The average molecular weight is 562 g/mol. The van der Waals surface area contributed by atoms with Gasteiger partial charge in [-0.2, -0.15) is 0 Å². The van der Waals surface area contributed by atoms with E-state index in [9.17, 15) is 18.0 Å². The van der Waals surface area contributed by atoms with Crippen molar-refractivity contribution < 1.29 is 13.2 Å². The Labute approximate surface area is 219 Å². The first-order valence-electron chi connectivity index (χ1n) is 10.5. The molecule has 0 saturated carbocycles. The fraction of sp³-hybridized carbons (Fsp3) is 0.0870. The Morgan fingerprint density at radius 3 is 2.61 bits per heavy atom. The normalized spacial score (nSPS) is 13.3. The van der Waals surface area contributed by atoms with Gasteiger partial charge in [0.15, 0.2) is 0 Å². The van der Waals surface area contributed by atoms with Crippen LogP contribution in [0.4, 0.5) is 10.5 Å². The lowest BCUT2D eigenvalue weighted by atomic mass is 10.1. The third kappa shape index (κ3) is 4.82. The van der Waals surface area contributed by atoms with Crippen LogP contribution in [0.5, 0.6) is 0 Å². The van der Waals surface area contributed by atoms with Gasteiger partial charge in [-0.3, -0.25) is 14.4 Å². The van der Waals surface area contributed by atoms with Gasteiger partial charge in [-0.25, -0.2) is 17.9 Å². The molecule has 36 heavy (non-hydrogen) atoms. The van der Waals surface area contributed by atoms with E-state index in [4.69, 9.17) is 23.2 Å². The lowest BCUT2D eigenvalue weighted by Gasteiger charge is -2.12. The first-order chi connectivity index (χ1) is 17.2. The van der Waals surface area contributed by atoms with Crippen LogP contribution in [0, 0.1) is 0 Å². The van der Waals surface area contributed by atoms with Crippen LogP contribution in [0.1, 0.15) is 5.56 Å². The molecule has 0 bridgehead atoms. The fourth-order valence-electron chi connectivity index (χ4n) is 3.73. The van der Waals surface area contributed by atoms with Crippen molar-refractivity contribution in [3.63, 3.8) is 0 Å². The highest BCUT2D eigenvalue weighted by Gasteiger charge is 2.20. The molecule has 0 spiro atoms. The van der Waals surface area contributed by atoms with Crippen LogP contribution in [0.3, 0.4) is 0 Å². The summed E-state index contributed by atoms with van der Waals surface area (Å²) in [5.41, 5.74) is 1.29. The van der Waals surface area contributed by atoms with E-state index in [0.717, 1.165) is 41.2 Å². The molecule has 2 aromatic carbocycles. The number of carbonyl (C=O) groups excluding carboxylic acids is 1. The lowest BCUT2D eigenvalue weighted by molar-refractivity contribution is 0.256. The van der Waals surface area contributed by atoms with Crippen LogP contribution in [0.15, 0.2) is 74.8 Å².